The van der Waals surface area contributed by atoms with Crippen molar-refractivity contribution < 1.29 is 4.79 Å². The van der Waals surface area contributed by atoms with Gasteiger partial charge in [0.1, 0.15) is 5.82 Å². The van der Waals surface area contributed by atoms with Gasteiger partial charge in [0.05, 0.1) is 5.56 Å². The van der Waals surface area contributed by atoms with Gasteiger partial charge >= 0.3 is 0 Å². The molecule has 0 unspecified atom stereocenters. The highest BCUT2D eigenvalue weighted by molar-refractivity contribution is 5.98. The molecule has 0 aliphatic heterocycles. The third-order valence-electron chi connectivity index (χ3n) is 2.71. The minimum Gasteiger partial charge on any atom is -0.372 e. The minimum absolute atomic E-state index is 0.124. The van der Waals surface area contributed by atoms with Gasteiger partial charge in [0.15, 0.2) is 0 Å². The van der Waals surface area contributed by atoms with Crippen LogP contribution in [0.3, 0.4) is 0 Å². The van der Waals surface area contributed by atoms with Gasteiger partial charge in [-0.1, -0.05) is 6.07 Å². The summed E-state index contributed by atoms with van der Waals surface area (Å²) >= 11 is 0. The summed E-state index contributed by atoms with van der Waals surface area (Å²) in [6.45, 7) is 0.572. The SMILES string of the molecule is CNc1ncccc1C(=O)NCCc1cccnc1. The molecule has 0 bridgehead atoms. The first-order chi connectivity index (χ1) is 9.31. The van der Waals surface area contributed by atoms with E-state index in [0.29, 0.717) is 17.9 Å². The molecule has 0 atom stereocenters. The van der Waals surface area contributed by atoms with Crippen molar-refractivity contribution in [2.24, 2.45) is 0 Å². The van der Waals surface area contributed by atoms with Crippen LogP contribution in [0.15, 0.2) is 42.9 Å². The van der Waals surface area contributed by atoms with Crippen molar-refractivity contribution in [2.75, 3.05) is 18.9 Å². The van der Waals surface area contributed by atoms with Crippen LogP contribution in [0.5, 0.6) is 0 Å². The Kier molecular flexibility index (Phi) is 4.44. The smallest absolute Gasteiger partial charge is 0.255 e. The quantitative estimate of drug-likeness (QED) is 0.850. The average Bonchev–Trinajstić information content (AvgIpc) is 2.48. The van der Waals surface area contributed by atoms with Crippen LogP contribution in [0, 0.1) is 0 Å². The fourth-order valence-corrected chi connectivity index (χ4v) is 1.75. The molecule has 5 nitrogen and oxygen atoms in total. The van der Waals surface area contributed by atoms with Crippen LogP contribution in [-0.2, 0) is 6.42 Å². The predicted octanol–water partition coefficient (Wildman–Crippen LogP) is 1.49. The van der Waals surface area contributed by atoms with Crippen LogP contribution >= 0.6 is 0 Å². The van der Waals surface area contributed by atoms with E-state index in [-0.39, 0.29) is 5.91 Å². The standard InChI is InChI=1S/C14H16N4O/c1-15-13-12(5-3-8-17-13)14(19)18-9-6-11-4-2-7-16-10-11/h2-5,7-8,10H,6,9H2,1H3,(H,15,17)(H,18,19). The number of amides is 1. The molecule has 1 amide bonds. The number of anilines is 1. The van der Waals surface area contributed by atoms with Crippen LogP contribution < -0.4 is 10.6 Å². The van der Waals surface area contributed by atoms with E-state index in [9.17, 15) is 4.79 Å². The molecular weight excluding hydrogens is 240 g/mol. The van der Waals surface area contributed by atoms with E-state index in [1.54, 1.807) is 37.8 Å². The molecule has 2 N–H and O–H groups in total. The van der Waals surface area contributed by atoms with Crippen molar-refractivity contribution in [1.29, 1.82) is 0 Å². The van der Waals surface area contributed by atoms with Crippen molar-refractivity contribution in [1.82, 2.24) is 15.3 Å². The Morgan fingerprint density at radius 1 is 1.26 bits per heavy atom. The van der Waals surface area contributed by atoms with E-state index in [4.69, 9.17) is 0 Å². The number of aromatic nitrogens is 2. The largest absolute Gasteiger partial charge is 0.372 e. The maximum absolute atomic E-state index is 12.0. The van der Waals surface area contributed by atoms with E-state index >= 15 is 0 Å². The zero-order chi connectivity index (χ0) is 13.5. The lowest BCUT2D eigenvalue weighted by Crippen LogP contribution is -2.26. The molecule has 5 heteroatoms. The maximum Gasteiger partial charge on any atom is 0.255 e. The Labute approximate surface area is 112 Å². The van der Waals surface area contributed by atoms with Gasteiger partial charge in [0.25, 0.3) is 5.91 Å². The minimum atomic E-state index is -0.124. The van der Waals surface area contributed by atoms with E-state index in [1.807, 2.05) is 12.1 Å². The molecule has 0 aliphatic carbocycles. The molecule has 2 aromatic rings. The maximum atomic E-state index is 12.0. The lowest BCUT2D eigenvalue weighted by molar-refractivity contribution is 0.0954. The summed E-state index contributed by atoms with van der Waals surface area (Å²) in [5.74, 6) is 0.461. The molecular formula is C14H16N4O. The van der Waals surface area contributed by atoms with E-state index in [0.717, 1.165) is 12.0 Å². The summed E-state index contributed by atoms with van der Waals surface area (Å²) in [4.78, 5) is 20.1. The van der Waals surface area contributed by atoms with Crippen molar-refractivity contribution in [3.63, 3.8) is 0 Å². The van der Waals surface area contributed by atoms with Gasteiger partial charge in [-0.05, 0) is 30.2 Å². The highest BCUT2D eigenvalue weighted by Gasteiger charge is 2.10. The van der Waals surface area contributed by atoms with Crippen molar-refractivity contribution in [3.8, 4) is 0 Å². The second-order valence-electron chi connectivity index (χ2n) is 4.02. The first-order valence-electron chi connectivity index (χ1n) is 6.11. The number of pyridine rings is 2. The molecule has 2 rings (SSSR count). The molecule has 0 radical (unpaired) electrons. The zero-order valence-electron chi connectivity index (χ0n) is 10.8. The first-order valence-corrected chi connectivity index (χ1v) is 6.11. The Morgan fingerprint density at radius 2 is 2.11 bits per heavy atom. The molecule has 0 fully saturated rings. The fourth-order valence-electron chi connectivity index (χ4n) is 1.75. The monoisotopic (exact) mass is 256 g/mol. The lowest BCUT2D eigenvalue weighted by atomic mass is 10.2. The van der Waals surface area contributed by atoms with Gasteiger partial charge < -0.3 is 10.6 Å². The highest BCUT2D eigenvalue weighted by Crippen LogP contribution is 2.09. The molecule has 0 saturated carbocycles. The molecule has 2 heterocycles. The van der Waals surface area contributed by atoms with Crippen LogP contribution in [0.4, 0.5) is 5.82 Å². The van der Waals surface area contributed by atoms with Crippen LogP contribution in [0.25, 0.3) is 0 Å². The number of hydrogen-bond donors (Lipinski definition) is 2. The number of carbonyl (C=O) groups excluding carboxylic acids is 1. The van der Waals surface area contributed by atoms with Gasteiger partial charge in [0.2, 0.25) is 0 Å². The average molecular weight is 256 g/mol. The van der Waals surface area contributed by atoms with Crippen LogP contribution in [0.1, 0.15) is 15.9 Å². The molecule has 98 valence electrons. The van der Waals surface area contributed by atoms with Crippen molar-refractivity contribution in [2.45, 2.75) is 6.42 Å². The van der Waals surface area contributed by atoms with Gasteiger partial charge in [-0.25, -0.2) is 4.98 Å². The Bertz CT molecular complexity index is 542. The van der Waals surface area contributed by atoms with Gasteiger partial charge in [-0.3, -0.25) is 9.78 Å². The van der Waals surface area contributed by atoms with Gasteiger partial charge in [0, 0.05) is 32.2 Å². The normalized spacial score (nSPS) is 9.95. The summed E-state index contributed by atoms with van der Waals surface area (Å²) in [6.07, 6.45) is 5.94. The van der Waals surface area contributed by atoms with Crippen LogP contribution in [-0.4, -0.2) is 29.5 Å². The van der Waals surface area contributed by atoms with Crippen molar-refractivity contribution in [3.05, 3.63) is 54.0 Å². The second-order valence-corrected chi connectivity index (χ2v) is 4.02. The van der Waals surface area contributed by atoms with Gasteiger partial charge in [-0.15, -0.1) is 0 Å². The number of rotatable bonds is 5. The number of nitrogens with zero attached hydrogens (tertiary/aromatic N) is 2. The lowest BCUT2D eigenvalue weighted by Gasteiger charge is -2.08. The number of carbonyl (C=O) groups is 1. The summed E-state index contributed by atoms with van der Waals surface area (Å²) in [7, 11) is 1.74. The van der Waals surface area contributed by atoms with Crippen molar-refractivity contribution >= 4 is 11.7 Å². The summed E-state index contributed by atoms with van der Waals surface area (Å²) in [5.41, 5.74) is 1.65. The van der Waals surface area contributed by atoms with Gasteiger partial charge in [-0.2, -0.15) is 0 Å². The summed E-state index contributed by atoms with van der Waals surface area (Å²) in [5, 5.41) is 5.78. The highest BCUT2D eigenvalue weighted by atomic mass is 16.1. The fraction of sp³-hybridized carbons (Fsp3) is 0.214. The van der Waals surface area contributed by atoms with E-state index < -0.39 is 0 Å². The summed E-state index contributed by atoms with van der Waals surface area (Å²) in [6, 6.07) is 7.37. The second kappa shape index (κ2) is 6.49. The molecule has 0 spiro atoms. The number of hydrogen-bond acceptors (Lipinski definition) is 4. The Hall–Kier alpha value is -2.43. The van der Waals surface area contributed by atoms with E-state index in [2.05, 4.69) is 20.6 Å². The third kappa shape index (κ3) is 3.51. The molecule has 0 aromatic carbocycles. The third-order valence-corrected chi connectivity index (χ3v) is 2.71. The summed E-state index contributed by atoms with van der Waals surface area (Å²) < 4.78 is 0. The predicted molar refractivity (Wildman–Crippen MR) is 74.1 cm³/mol. The first kappa shape index (κ1) is 13.0. The van der Waals surface area contributed by atoms with E-state index in [1.165, 1.54) is 0 Å². The Balaban J connectivity index is 1.91. The Morgan fingerprint density at radius 3 is 2.84 bits per heavy atom. The van der Waals surface area contributed by atoms with Crippen LogP contribution in [0.2, 0.25) is 0 Å². The molecule has 19 heavy (non-hydrogen) atoms. The topological polar surface area (TPSA) is 66.9 Å². The molecule has 0 aliphatic rings. The molecule has 2 aromatic heterocycles. The number of nitrogens with one attached hydrogen (secondary N) is 2. The molecule has 0 saturated heterocycles. The zero-order valence-corrected chi connectivity index (χ0v) is 10.8.